The molecule has 8 heteroatoms. The molecule has 2 atom stereocenters. The van der Waals surface area contributed by atoms with Crippen LogP contribution < -0.4 is 5.32 Å². The molecule has 0 aliphatic carbocycles. The van der Waals surface area contributed by atoms with Crippen molar-refractivity contribution in [3.8, 4) is 0 Å². The average molecular weight is 413 g/mol. The van der Waals surface area contributed by atoms with Gasteiger partial charge in [0.2, 0.25) is 5.91 Å². The summed E-state index contributed by atoms with van der Waals surface area (Å²) in [5, 5.41) is 5.69. The van der Waals surface area contributed by atoms with E-state index >= 15 is 0 Å². The number of carbonyl (C=O) groups excluding carboxylic acids is 1. The van der Waals surface area contributed by atoms with Crippen LogP contribution in [0.1, 0.15) is 36.1 Å². The largest absolute Gasteiger partial charge is 0.342 e. The van der Waals surface area contributed by atoms with Crippen molar-refractivity contribution in [2.75, 3.05) is 12.8 Å². The molecular weight excluding hydrogens is 388 g/mol. The minimum atomic E-state index is 0. The summed E-state index contributed by atoms with van der Waals surface area (Å²) in [6, 6.07) is 1.58. The van der Waals surface area contributed by atoms with E-state index in [1.807, 2.05) is 11.9 Å². The zero-order valence-corrected chi connectivity index (χ0v) is 17.8. The number of nitrogens with zero attached hydrogens (tertiary/aromatic N) is 3. The van der Waals surface area contributed by atoms with Crippen LogP contribution >= 0.6 is 35.5 Å². The van der Waals surface area contributed by atoms with Gasteiger partial charge < -0.3 is 10.2 Å². The van der Waals surface area contributed by atoms with Crippen LogP contribution in [0.15, 0.2) is 11.4 Å². The van der Waals surface area contributed by atoms with Gasteiger partial charge in [0.15, 0.2) is 0 Å². The summed E-state index contributed by atoms with van der Waals surface area (Å²) >= 11 is 3.24. The molecule has 2 saturated heterocycles. The Hall–Kier alpha value is -0.890. The van der Waals surface area contributed by atoms with E-state index in [0.29, 0.717) is 23.9 Å². The highest BCUT2D eigenvalue weighted by Crippen LogP contribution is 2.35. The maximum atomic E-state index is 12.7. The molecule has 0 aromatic carbocycles. The van der Waals surface area contributed by atoms with Crippen LogP contribution in [0.5, 0.6) is 0 Å². The number of fused-ring (bicyclic) bond motifs is 3. The lowest BCUT2D eigenvalue weighted by molar-refractivity contribution is -0.129. The number of piperidine rings is 1. The molecule has 2 unspecified atom stereocenters. The third kappa shape index (κ3) is 3.72. The average Bonchev–Trinajstić information content (AvgIpc) is 3.10. The fourth-order valence-corrected chi connectivity index (χ4v) is 6.08. The van der Waals surface area contributed by atoms with E-state index in [1.54, 1.807) is 29.4 Å². The van der Waals surface area contributed by atoms with E-state index in [0.717, 1.165) is 28.1 Å². The standard InChI is InChI=1S/C18H24N4OS2.ClH/c1-10-11(2)25-18-16(10)17(19-9-20-18)24-8-15(23)22(3)14-6-12-4-5-13(7-14)21-12;/h9,12-14,21H,4-8H2,1-3H3;1H. The topological polar surface area (TPSA) is 58.1 Å². The molecule has 0 saturated carbocycles. The molecule has 2 aliphatic rings. The van der Waals surface area contributed by atoms with Gasteiger partial charge in [-0.2, -0.15) is 0 Å². The number of halogens is 1. The number of aryl methyl sites for hydroxylation is 2. The van der Waals surface area contributed by atoms with Gasteiger partial charge in [-0.25, -0.2) is 9.97 Å². The lowest BCUT2D eigenvalue weighted by Gasteiger charge is -2.35. The highest BCUT2D eigenvalue weighted by atomic mass is 35.5. The Labute approximate surface area is 168 Å². The first-order valence-corrected chi connectivity index (χ1v) is 10.7. The number of rotatable bonds is 4. The number of amides is 1. The van der Waals surface area contributed by atoms with Gasteiger partial charge in [-0.1, -0.05) is 11.8 Å². The summed E-state index contributed by atoms with van der Waals surface area (Å²) in [6.07, 6.45) is 6.30. The van der Waals surface area contributed by atoms with E-state index in [2.05, 4.69) is 29.1 Å². The van der Waals surface area contributed by atoms with Crippen LogP contribution in [-0.2, 0) is 4.79 Å². The Balaban J connectivity index is 0.00000196. The maximum Gasteiger partial charge on any atom is 0.232 e. The first kappa shape index (κ1) is 19.9. The molecule has 26 heavy (non-hydrogen) atoms. The van der Waals surface area contributed by atoms with Crippen LogP contribution in [0, 0.1) is 13.8 Å². The fourth-order valence-electron chi connectivity index (χ4n) is 4.04. The monoisotopic (exact) mass is 412 g/mol. The van der Waals surface area contributed by atoms with E-state index in [1.165, 1.54) is 23.3 Å². The molecule has 1 amide bonds. The van der Waals surface area contributed by atoms with Gasteiger partial charge in [-0.05, 0) is 45.1 Å². The van der Waals surface area contributed by atoms with Crippen molar-refractivity contribution in [1.29, 1.82) is 0 Å². The summed E-state index contributed by atoms with van der Waals surface area (Å²) in [4.78, 5) is 25.8. The molecule has 2 aliphatic heterocycles. The quantitative estimate of drug-likeness (QED) is 0.614. The second-order valence-electron chi connectivity index (χ2n) is 7.20. The van der Waals surface area contributed by atoms with Crippen molar-refractivity contribution in [3.63, 3.8) is 0 Å². The third-order valence-corrected chi connectivity index (χ3v) is 7.74. The van der Waals surface area contributed by atoms with Gasteiger partial charge in [0.05, 0.1) is 5.75 Å². The highest BCUT2D eigenvalue weighted by molar-refractivity contribution is 8.00. The second kappa shape index (κ2) is 8.00. The maximum absolute atomic E-state index is 12.7. The Bertz CT molecular complexity index is 800. The Kier molecular flexibility index (Phi) is 6.11. The molecule has 4 rings (SSSR count). The van der Waals surface area contributed by atoms with Crippen LogP contribution in [0.25, 0.3) is 10.2 Å². The van der Waals surface area contributed by atoms with Crippen molar-refractivity contribution >= 4 is 51.6 Å². The van der Waals surface area contributed by atoms with Gasteiger partial charge in [0, 0.05) is 35.4 Å². The smallest absolute Gasteiger partial charge is 0.232 e. The molecule has 4 heterocycles. The molecule has 2 bridgehead atoms. The van der Waals surface area contributed by atoms with Crippen LogP contribution in [0.3, 0.4) is 0 Å². The lowest BCUT2D eigenvalue weighted by Crippen LogP contribution is -2.49. The van der Waals surface area contributed by atoms with Crippen molar-refractivity contribution in [2.24, 2.45) is 0 Å². The minimum absolute atomic E-state index is 0. The number of hydrogen-bond acceptors (Lipinski definition) is 6. The molecule has 5 nitrogen and oxygen atoms in total. The molecule has 0 radical (unpaired) electrons. The number of nitrogens with one attached hydrogen (secondary N) is 1. The zero-order chi connectivity index (χ0) is 17.6. The van der Waals surface area contributed by atoms with E-state index < -0.39 is 0 Å². The summed E-state index contributed by atoms with van der Waals surface area (Å²) in [6.45, 7) is 4.22. The highest BCUT2D eigenvalue weighted by Gasteiger charge is 2.36. The predicted octanol–water partition coefficient (Wildman–Crippen LogP) is 3.56. The summed E-state index contributed by atoms with van der Waals surface area (Å²) in [7, 11) is 1.97. The minimum Gasteiger partial charge on any atom is -0.342 e. The normalized spacial score (nSPS) is 24.5. The van der Waals surface area contributed by atoms with Gasteiger partial charge in [-0.3, -0.25) is 4.79 Å². The lowest BCUT2D eigenvalue weighted by atomic mass is 9.98. The molecule has 1 N–H and O–H groups in total. The first-order chi connectivity index (χ1) is 12.0. The molecule has 2 aromatic rings. The van der Waals surface area contributed by atoms with E-state index in [9.17, 15) is 4.79 Å². The number of aromatic nitrogens is 2. The number of carbonyl (C=O) groups is 1. The van der Waals surface area contributed by atoms with Crippen LogP contribution in [-0.4, -0.2) is 51.7 Å². The molecule has 142 valence electrons. The van der Waals surface area contributed by atoms with Gasteiger partial charge in [0.25, 0.3) is 0 Å². The summed E-state index contributed by atoms with van der Waals surface area (Å²) < 4.78 is 0. The van der Waals surface area contributed by atoms with Crippen molar-refractivity contribution < 1.29 is 4.79 Å². The molecule has 2 fully saturated rings. The molecular formula is C18H25ClN4OS2. The first-order valence-electron chi connectivity index (χ1n) is 8.88. The molecule has 2 aromatic heterocycles. The summed E-state index contributed by atoms with van der Waals surface area (Å²) in [5.74, 6) is 0.642. The summed E-state index contributed by atoms with van der Waals surface area (Å²) in [5.41, 5.74) is 1.24. The number of hydrogen-bond donors (Lipinski definition) is 1. The number of thioether (sulfide) groups is 1. The fraction of sp³-hybridized carbons (Fsp3) is 0.611. The van der Waals surface area contributed by atoms with Crippen molar-refractivity contribution in [3.05, 3.63) is 16.8 Å². The predicted molar refractivity (Wildman–Crippen MR) is 111 cm³/mol. The van der Waals surface area contributed by atoms with Gasteiger partial charge in [0.1, 0.15) is 16.2 Å². The molecule has 0 spiro atoms. The zero-order valence-electron chi connectivity index (χ0n) is 15.3. The Morgan fingerprint density at radius 3 is 2.69 bits per heavy atom. The second-order valence-corrected chi connectivity index (χ2v) is 9.37. The Morgan fingerprint density at radius 2 is 2.00 bits per heavy atom. The Morgan fingerprint density at radius 1 is 1.31 bits per heavy atom. The third-order valence-electron chi connectivity index (χ3n) is 5.65. The van der Waals surface area contributed by atoms with E-state index in [4.69, 9.17) is 0 Å². The van der Waals surface area contributed by atoms with Crippen molar-refractivity contribution in [1.82, 2.24) is 20.2 Å². The van der Waals surface area contributed by atoms with E-state index in [-0.39, 0.29) is 18.3 Å². The van der Waals surface area contributed by atoms with Gasteiger partial charge in [-0.15, -0.1) is 23.7 Å². The SMILES string of the molecule is Cc1sc2ncnc(SCC(=O)N(C)C3CC4CCC(C3)N4)c2c1C.Cl. The van der Waals surface area contributed by atoms with Gasteiger partial charge >= 0.3 is 0 Å². The van der Waals surface area contributed by atoms with Crippen LogP contribution in [0.2, 0.25) is 0 Å². The number of thiophene rings is 1. The van der Waals surface area contributed by atoms with Crippen LogP contribution in [0.4, 0.5) is 0 Å². The van der Waals surface area contributed by atoms with Crippen molar-refractivity contribution in [2.45, 2.75) is 62.7 Å².